The second kappa shape index (κ2) is 7.29. The van der Waals surface area contributed by atoms with Crippen LogP contribution in [0.5, 0.6) is 0 Å². The Hall–Kier alpha value is -1.67. The summed E-state index contributed by atoms with van der Waals surface area (Å²) >= 11 is 5.10. The van der Waals surface area contributed by atoms with Gasteiger partial charge in [-0.2, -0.15) is 0 Å². The lowest BCUT2D eigenvalue weighted by Crippen LogP contribution is -2.50. The third kappa shape index (κ3) is 4.70. The summed E-state index contributed by atoms with van der Waals surface area (Å²) in [6.07, 6.45) is 3.30. The summed E-state index contributed by atoms with van der Waals surface area (Å²) in [5.41, 5.74) is 0.394. The fourth-order valence-corrected chi connectivity index (χ4v) is 3.90. The van der Waals surface area contributed by atoms with Gasteiger partial charge in [0.1, 0.15) is 17.1 Å². The van der Waals surface area contributed by atoms with Crippen molar-refractivity contribution in [3.05, 3.63) is 28.3 Å². The molecule has 1 amide bonds. The van der Waals surface area contributed by atoms with Crippen LogP contribution in [0.15, 0.2) is 28.3 Å². The number of halogens is 1. The molecule has 0 N–H and O–H groups in total. The molecule has 1 saturated heterocycles. The Balaban J connectivity index is 1.64. The molecular weight excluding hydrogens is 404 g/mol. The van der Waals surface area contributed by atoms with Gasteiger partial charge >= 0.3 is 6.09 Å². The fraction of sp³-hybridized carbons (Fsp3) is 0.471. The van der Waals surface area contributed by atoms with Gasteiger partial charge in [-0.1, -0.05) is 0 Å². The number of nitrogens with zero attached hydrogens (tertiary/aromatic N) is 4. The van der Waals surface area contributed by atoms with Crippen molar-refractivity contribution in [2.75, 3.05) is 31.1 Å². The molecule has 8 heteroatoms. The molecular formula is C17H21BrN4O2S. The van der Waals surface area contributed by atoms with Gasteiger partial charge in [0.05, 0.1) is 17.3 Å². The molecule has 134 valence electrons. The highest BCUT2D eigenvalue weighted by atomic mass is 79.9. The molecule has 0 saturated carbocycles. The number of hydrogen-bond donors (Lipinski definition) is 0. The van der Waals surface area contributed by atoms with Gasteiger partial charge in [-0.25, -0.2) is 9.78 Å². The van der Waals surface area contributed by atoms with E-state index >= 15 is 0 Å². The van der Waals surface area contributed by atoms with Crippen LogP contribution in [0.2, 0.25) is 0 Å². The molecule has 1 fully saturated rings. The average molecular weight is 425 g/mol. The molecule has 25 heavy (non-hydrogen) atoms. The van der Waals surface area contributed by atoms with Crippen molar-refractivity contribution in [1.82, 2.24) is 14.9 Å². The second-order valence-electron chi connectivity index (χ2n) is 6.85. The fourth-order valence-electron chi connectivity index (χ4n) is 2.52. The third-order valence-electron chi connectivity index (χ3n) is 3.70. The van der Waals surface area contributed by atoms with E-state index in [0.717, 1.165) is 20.9 Å². The van der Waals surface area contributed by atoms with Gasteiger partial charge in [0.25, 0.3) is 0 Å². The van der Waals surface area contributed by atoms with E-state index in [0.29, 0.717) is 26.2 Å². The number of aromatic nitrogens is 2. The molecule has 2 aromatic heterocycles. The molecule has 6 nitrogen and oxygen atoms in total. The molecule has 0 unspecified atom stereocenters. The lowest BCUT2D eigenvalue weighted by Gasteiger charge is -2.36. The Morgan fingerprint density at radius 2 is 1.96 bits per heavy atom. The molecule has 3 rings (SSSR count). The number of carbonyl (C=O) groups excluding carboxylic acids is 1. The van der Waals surface area contributed by atoms with E-state index in [1.54, 1.807) is 28.6 Å². The van der Waals surface area contributed by atoms with E-state index in [-0.39, 0.29) is 6.09 Å². The molecule has 0 spiro atoms. The summed E-state index contributed by atoms with van der Waals surface area (Å²) in [5, 5.41) is 2.03. The minimum atomic E-state index is -0.469. The number of carbonyl (C=O) groups is 1. The largest absolute Gasteiger partial charge is 0.444 e. The average Bonchev–Trinajstić information content (AvgIpc) is 3.00. The number of piperazine rings is 1. The molecule has 0 aromatic carbocycles. The summed E-state index contributed by atoms with van der Waals surface area (Å²) in [7, 11) is 0. The number of anilines is 1. The molecule has 1 aliphatic rings. The van der Waals surface area contributed by atoms with E-state index in [1.165, 1.54) is 0 Å². The van der Waals surface area contributed by atoms with Crippen LogP contribution >= 0.6 is 27.3 Å². The molecule has 2 aromatic rings. The standard InChI is InChI=1S/C17H21BrN4O2S/c1-17(2,3)24-16(23)22-6-4-21(5-7-22)15-10-19-9-13(20-15)14-8-12(18)11-25-14/h8-11H,4-7H2,1-3H3. The minimum Gasteiger partial charge on any atom is -0.444 e. The van der Waals surface area contributed by atoms with Crippen LogP contribution in [-0.4, -0.2) is 52.7 Å². The highest BCUT2D eigenvalue weighted by molar-refractivity contribution is 9.10. The first-order valence-corrected chi connectivity index (χ1v) is 9.78. The molecule has 0 aliphatic carbocycles. The monoisotopic (exact) mass is 424 g/mol. The zero-order valence-electron chi connectivity index (χ0n) is 14.5. The summed E-state index contributed by atoms with van der Waals surface area (Å²) in [6, 6.07) is 2.04. The summed E-state index contributed by atoms with van der Waals surface area (Å²) in [6.45, 7) is 8.30. The normalized spacial score (nSPS) is 15.4. The number of hydrogen-bond acceptors (Lipinski definition) is 6. The summed E-state index contributed by atoms with van der Waals surface area (Å²) < 4.78 is 6.48. The predicted molar refractivity (Wildman–Crippen MR) is 103 cm³/mol. The maximum Gasteiger partial charge on any atom is 0.410 e. The van der Waals surface area contributed by atoms with Crippen molar-refractivity contribution in [3.63, 3.8) is 0 Å². The zero-order valence-corrected chi connectivity index (χ0v) is 16.9. The third-order valence-corrected chi connectivity index (χ3v) is 5.41. The first kappa shape index (κ1) is 18.1. The first-order valence-electron chi connectivity index (χ1n) is 8.11. The van der Waals surface area contributed by atoms with Crippen molar-refractivity contribution in [2.45, 2.75) is 26.4 Å². The van der Waals surface area contributed by atoms with Crippen LogP contribution in [0.1, 0.15) is 20.8 Å². The van der Waals surface area contributed by atoms with E-state index in [9.17, 15) is 4.79 Å². The van der Waals surface area contributed by atoms with E-state index in [2.05, 4.69) is 25.8 Å². The van der Waals surface area contributed by atoms with Crippen LogP contribution in [0.3, 0.4) is 0 Å². The lowest BCUT2D eigenvalue weighted by atomic mass is 10.2. The van der Waals surface area contributed by atoms with Gasteiger partial charge in [0.2, 0.25) is 0 Å². The second-order valence-corrected chi connectivity index (χ2v) is 8.67. The zero-order chi connectivity index (χ0) is 18.0. The lowest BCUT2D eigenvalue weighted by molar-refractivity contribution is 0.0240. The number of amides is 1. The number of thiophene rings is 1. The van der Waals surface area contributed by atoms with Crippen molar-refractivity contribution < 1.29 is 9.53 Å². The molecule has 0 bridgehead atoms. The van der Waals surface area contributed by atoms with Gasteiger partial charge in [-0.3, -0.25) is 4.98 Å². The van der Waals surface area contributed by atoms with Crippen LogP contribution in [0.25, 0.3) is 10.6 Å². The van der Waals surface area contributed by atoms with Gasteiger partial charge in [0.15, 0.2) is 0 Å². The van der Waals surface area contributed by atoms with Crippen molar-refractivity contribution in [3.8, 4) is 10.6 Å². The highest BCUT2D eigenvalue weighted by Gasteiger charge is 2.26. The van der Waals surface area contributed by atoms with Gasteiger partial charge in [-0.05, 0) is 42.8 Å². The van der Waals surface area contributed by atoms with Crippen molar-refractivity contribution >= 4 is 39.2 Å². The van der Waals surface area contributed by atoms with Crippen LogP contribution in [0.4, 0.5) is 10.6 Å². The van der Waals surface area contributed by atoms with Crippen LogP contribution in [-0.2, 0) is 4.74 Å². The number of rotatable bonds is 2. The Morgan fingerprint density at radius 1 is 1.24 bits per heavy atom. The minimum absolute atomic E-state index is 0.254. The van der Waals surface area contributed by atoms with E-state index in [1.807, 2.05) is 32.2 Å². The Morgan fingerprint density at radius 3 is 2.56 bits per heavy atom. The van der Waals surface area contributed by atoms with E-state index in [4.69, 9.17) is 9.72 Å². The van der Waals surface area contributed by atoms with Crippen molar-refractivity contribution in [2.24, 2.45) is 0 Å². The Labute approximate surface area is 160 Å². The number of ether oxygens (including phenoxy) is 1. The molecule has 0 atom stereocenters. The molecule has 0 radical (unpaired) electrons. The maximum absolute atomic E-state index is 12.2. The van der Waals surface area contributed by atoms with Crippen LogP contribution in [0, 0.1) is 0 Å². The summed E-state index contributed by atoms with van der Waals surface area (Å²) in [5.74, 6) is 0.839. The van der Waals surface area contributed by atoms with Gasteiger partial charge < -0.3 is 14.5 Å². The Bertz CT molecular complexity index is 751. The quantitative estimate of drug-likeness (QED) is 0.728. The SMILES string of the molecule is CC(C)(C)OC(=O)N1CCN(c2cncc(-c3cc(Br)cs3)n2)CC1. The maximum atomic E-state index is 12.2. The van der Waals surface area contributed by atoms with E-state index < -0.39 is 5.60 Å². The molecule has 1 aliphatic heterocycles. The topological polar surface area (TPSA) is 58.6 Å². The summed E-state index contributed by atoms with van der Waals surface area (Å²) in [4.78, 5) is 26.2. The van der Waals surface area contributed by atoms with Gasteiger partial charge in [0, 0.05) is 36.0 Å². The highest BCUT2D eigenvalue weighted by Crippen LogP contribution is 2.29. The van der Waals surface area contributed by atoms with Crippen molar-refractivity contribution in [1.29, 1.82) is 0 Å². The predicted octanol–water partition coefficient (Wildman–Crippen LogP) is 4.02. The first-order chi connectivity index (χ1) is 11.8. The Kier molecular flexibility index (Phi) is 5.29. The van der Waals surface area contributed by atoms with Gasteiger partial charge in [-0.15, -0.1) is 11.3 Å². The molecule has 3 heterocycles. The van der Waals surface area contributed by atoms with Crippen LogP contribution < -0.4 is 4.90 Å². The smallest absolute Gasteiger partial charge is 0.410 e.